The fourth-order valence-corrected chi connectivity index (χ4v) is 2.11. The predicted octanol–water partition coefficient (Wildman–Crippen LogP) is 3.53. The first kappa shape index (κ1) is 23.4. The number of benzene rings is 2. The highest BCUT2D eigenvalue weighted by Crippen LogP contribution is 2.11. The van der Waals surface area contributed by atoms with Crippen molar-refractivity contribution in [1.82, 2.24) is 0 Å². The van der Waals surface area contributed by atoms with E-state index in [9.17, 15) is 14.4 Å². The number of hydrogen-bond donors (Lipinski definition) is 0. The first-order chi connectivity index (χ1) is 15.1. The molecule has 0 aliphatic heterocycles. The summed E-state index contributed by atoms with van der Waals surface area (Å²) in [7, 11) is 0. The van der Waals surface area contributed by atoms with Crippen molar-refractivity contribution < 1.29 is 42.8 Å². The number of ether oxygens (including phenoxy) is 6. The van der Waals surface area contributed by atoms with Crippen LogP contribution in [0.5, 0.6) is 11.5 Å². The smallest absolute Gasteiger partial charge is 0.460 e. The Balaban J connectivity index is 1.83. The standard InChI is InChI=1S/C22H22O9/c1-2-20(23)27-14-13-26-15-19(31-22(25)30-18-11-7-4-8-12-18)16-28-21(24)29-17-9-5-3-6-10-17/h2-12,19H,1,13-16H2. The summed E-state index contributed by atoms with van der Waals surface area (Å²) in [6, 6.07) is 16.6. The summed E-state index contributed by atoms with van der Waals surface area (Å²) in [6.45, 7) is 2.79. The maximum Gasteiger partial charge on any atom is 0.514 e. The van der Waals surface area contributed by atoms with Crippen LogP contribution < -0.4 is 9.47 Å². The zero-order chi connectivity index (χ0) is 22.3. The van der Waals surface area contributed by atoms with E-state index in [1.54, 1.807) is 60.7 Å². The van der Waals surface area contributed by atoms with Crippen molar-refractivity contribution in [3.8, 4) is 11.5 Å². The van der Waals surface area contributed by atoms with Gasteiger partial charge in [-0.2, -0.15) is 0 Å². The topological polar surface area (TPSA) is 107 Å². The molecule has 9 heteroatoms. The Morgan fingerprint density at radius 1 is 0.774 bits per heavy atom. The first-order valence-electron chi connectivity index (χ1n) is 9.27. The van der Waals surface area contributed by atoms with E-state index in [1.807, 2.05) is 0 Å². The minimum Gasteiger partial charge on any atom is -0.460 e. The number of para-hydroxylation sites is 2. The van der Waals surface area contributed by atoms with Gasteiger partial charge in [0.2, 0.25) is 0 Å². The van der Waals surface area contributed by atoms with E-state index in [4.69, 9.17) is 28.4 Å². The summed E-state index contributed by atoms with van der Waals surface area (Å²) in [5.41, 5.74) is 0. The summed E-state index contributed by atoms with van der Waals surface area (Å²) < 4.78 is 30.3. The average molecular weight is 430 g/mol. The van der Waals surface area contributed by atoms with Gasteiger partial charge in [-0.15, -0.1) is 0 Å². The molecule has 0 aromatic heterocycles. The second kappa shape index (κ2) is 13.4. The summed E-state index contributed by atoms with van der Waals surface area (Å²) in [5.74, 6) is -0.00326. The van der Waals surface area contributed by atoms with Crippen molar-refractivity contribution in [2.45, 2.75) is 6.10 Å². The molecule has 0 heterocycles. The van der Waals surface area contributed by atoms with Gasteiger partial charge >= 0.3 is 18.3 Å². The van der Waals surface area contributed by atoms with Crippen molar-refractivity contribution >= 4 is 18.3 Å². The number of hydrogen-bond acceptors (Lipinski definition) is 9. The maximum atomic E-state index is 12.0. The summed E-state index contributed by atoms with van der Waals surface area (Å²) in [4.78, 5) is 34.9. The van der Waals surface area contributed by atoms with E-state index in [0.717, 1.165) is 6.08 Å². The van der Waals surface area contributed by atoms with Crippen LogP contribution in [0.4, 0.5) is 9.59 Å². The largest absolute Gasteiger partial charge is 0.514 e. The molecule has 9 nitrogen and oxygen atoms in total. The lowest BCUT2D eigenvalue weighted by molar-refractivity contribution is -0.139. The molecule has 0 aliphatic rings. The van der Waals surface area contributed by atoms with E-state index in [0.29, 0.717) is 5.75 Å². The molecule has 0 N–H and O–H groups in total. The lowest BCUT2D eigenvalue weighted by atomic mass is 10.3. The Morgan fingerprint density at radius 3 is 1.94 bits per heavy atom. The van der Waals surface area contributed by atoms with Crippen LogP contribution in [-0.4, -0.2) is 50.8 Å². The fourth-order valence-electron chi connectivity index (χ4n) is 2.11. The second-order valence-electron chi connectivity index (χ2n) is 5.83. The second-order valence-corrected chi connectivity index (χ2v) is 5.83. The molecule has 164 valence electrons. The van der Waals surface area contributed by atoms with Crippen LogP contribution in [0, 0.1) is 0 Å². The molecule has 2 aromatic carbocycles. The van der Waals surface area contributed by atoms with Crippen molar-refractivity contribution in [2.24, 2.45) is 0 Å². The van der Waals surface area contributed by atoms with E-state index < -0.39 is 24.4 Å². The van der Waals surface area contributed by atoms with Gasteiger partial charge in [-0.25, -0.2) is 14.4 Å². The molecule has 1 atom stereocenters. The van der Waals surface area contributed by atoms with Gasteiger partial charge in [0.05, 0.1) is 13.2 Å². The molecule has 0 radical (unpaired) electrons. The van der Waals surface area contributed by atoms with Crippen LogP contribution >= 0.6 is 0 Å². The SMILES string of the molecule is C=CC(=O)OCCOCC(COC(=O)Oc1ccccc1)OC(=O)Oc1ccccc1. The Bertz CT molecular complexity index is 837. The molecule has 31 heavy (non-hydrogen) atoms. The molecular formula is C22H22O9. The normalized spacial score (nSPS) is 11.0. The molecule has 0 saturated heterocycles. The molecule has 2 aromatic rings. The third-order valence-electron chi connectivity index (χ3n) is 3.48. The summed E-state index contributed by atoms with van der Waals surface area (Å²) in [6.07, 6.45) is -1.94. The van der Waals surface area contributed by atoms with Crippen LogP contribution in [0.3, 0.4) is 0 Å². The Hall–Kier alpha value is -3.85. The van der Waals surface area contributed by atoms with Crippen LogP contribution in [0.2, 0.25) is 0 Å². The van der Waals surface area contributed by atoms with Gasteiger partial charge in [-0.05, 0) is 24.3 Å². The monoisotopic (exact) mass is 430 g/mol. The van der Waals surface area contributed by atoms with Gasteiger partial charge in [0.25, 0.3) is 0 Å². The van der Waals surface area contributed by atoms with Crippen LogP contribution in [0.25, 0.3) is 0 Å². The van der Waals surface area contributed by atoms with Crippen molar-refractivity contribution in [3.05, 3.63) is 73.3 Å². The van der Waals surface area contributed by atoms with Crippen molar-refractivity contribution in [3.63, 3.8) is 0 Å². The highest BCUT2D eigenvalue weighted by Gasteiger charge is 2.20. The molecule has 1 unspecified atom stereocenters. The average Bonchev–Trinajstić information content (AvgIpc) is 2.78. The van der Waals surface area contributed by atoms with Gasteiger partial charge < -0.3 is 28.4 Å². The molecule has 0 bridgehead atoms. The van der Waals surface area contributed by atoms with Gasteiger partial charge in [0.15, 0.2) is 6.10 Å². The van der Waals surface area contributed by atoms with Crippen LogP contribution in [0.1, 0.15) is 0 Å². The molecule has 0 fully saturated rings. The Labute approximate surface area is 179 Å². The number of carbonyl (C=O) groups excluding carboxylic acids is 3. The van der Waals surface area contributed by atoms with Gasteiger partial charge in [0.1, 0.15) is 24.7 Å². The lowest BCUT2D eigenvalue weighted by Crippen LogP contribution is -2.32. The number of rotatable bonds is 11. The van der Waals surface area contributed by atoms with Crippen LogP contribution in [-0.2, 0) is 23.7 Å². The van der Waals surface area contributed by atoms with E-state index >= 15 is 0 Å². The van der Waals surface area contributed by atoms with Gasteiger partial charge in [0, 0.05) is 6.08 Å². The van der Waals surface area contributed by atoms with E-state index in [2.05, 4.69) is 6.58 Å². The maximum absolute atomic E-state index is 12.0. The molecular weight excluding hydrogens is 408 g/mol. The molecule has 0 saturated carbocycles. The van der Waals surface area contributed by atoms with Gasteiger partial charge in [-0.3, -0.25) is 0 Å². The van der Waals surface area contributed by atoms with Crippen molar-refractivity contribution in [1.29, 1.82) is 0 Å². The first-order valence-corrected chi connectivity index (χ1v) is 9.27. The third kappa shape index (κ3) is 9.95. The lowest BCUT2D eigenvalue weighted by Gasteiger charge is -2.17. The third-order valence-corrected chi connectivity index (χ3v) is 3.48. The highest BCUT2D eigenvalue weighted by atomic mass is 16.8. The summed E-state index contributed by atoms with van der Waals surface area (Å²) >= 11 is 0. The molecule has 0 spiro atoms. The molecule has 0 aliphatic carbocycles. The highest BCUT2D eigenvalue weighted by molar-refractivity contribution is 5.81. The zero-order valence-corrected chi connectivity index (χ0v) is 16.6. The van der Waals surface area contributed by atoms with Gasteiger partial charge in [-0.1, -0.05) is 43.0 Å². The fraction of sp³-hybridized carbons (Fsp3) is 0.227. The van der Waals surface area contributed by atoms with Crippen LogP contribution in [0.15, 0.2) is 73.3 Å². The number of esters is 1. The Morgan fingerprint density at radius 2 is 1.35 bits per heavy atom. The zero-order valence-electron chi connectivity index (χ0n) is 16.6. The minimum atomic E-state index is -1.00. The van der Waals surface area contributed by atoms with E-state index in [-0.39, 0.29) is 32.2 Å². The predicted molar refractivity (Wildman–Crippen MR) is 108 cm³/mol. The quantitative estimate of drug-likeness (QED) is 0.174. The molecule has 0 amide bonds. The summed E-state index contributed by atoms with van der Waals surface area (Å²) in [5, 5.41) is 0. The van der Waals surface area contributed by atoms with Crippen molar-refractivity contribution in [2.75, 3.05) is 26.4 Å². The minimum absolute atomic E-state index is 0.0249. The number of carbonyl (C=O) groups is 3. The van der Waals surface area contributed by atoms with E-state index in [1.165, 1.54) is 0 Å². The molecule has 2 rings (SSSR count). The Kier molecular flexibility index (Phi) is 10.1.